The van der Waals surface area contributed by atoms with Gasteiger partial charge in [-0.05, 0) is 31.0 Å². The normalized spacial score (nSPS) is 16.6. The van der Waals surface area contributed by atoms with Gasteiger partial charge < -0.3 is 10.2 Å². The fourth-order valence-electron chi connectivity index (χ4n) is 2.53. The van der Waals surface area contributed by atoms with Crippen LogP contribution in [0.15, 0.2) is 29.2 Å². The summed E-state index contributed by atoms with van der Waals surface area (Å²) < 4.78 is 27.1. The summed E-state index contributed by atoms with van der Waals surface area (Å²) in [6, 6.07) is 6.68. The molecule has 0 saturated carbocycles. The Bertz CT molecular complexity index is 636. The lowest BCUT2D eigenvalue weighted by atomic mass is 10.2. The van der Waals surface area contributed by atoms with E-state index in [9.17, 15) is 13.2 Å². The first-order valence-electron chi connectivity index (χ1n) is 7.95. The first kappa shape index (κ1) is 17.7. The molecule has 0 unspecified atom stereocenters. The van der Waals surface area contributed by atoms with Gasteiger partial charge in [-0.3, -0.25) is 4.79 Å². The van der Waals surface area contributed by atoms with Gasteiger partial charge in [0.2, 0.25) is 15.9 Å². The number of likely N-dealkylation sites (N-methyl/N-ethyl adjacent to an activating group) is 1. The van der Waals surface area contributed by atoms with Gasteiger partial charge >= 0.3 is 0 Å². The molecule has 1 aliphatic heterocycles. The van der Waals surface area contributed by atoms with E-state index in [1.165, 1.54) is 4.90 Å². The van der Waals surface area contributed by atoms with E-state index < -0.39 is 10.0 Å². The quantitative estimate of drug-likeness (QED) is 0.887. The van der Waals surface area contributed by atoms with Crippen LogP contribution in [0.3, 0.4) is 0 Å². The van der Waals surface area contributed by atoms with Crippen molar-refractivity contribution in [3.05, 3.63) is 24.3 Å². The lowest BCUT2D eigenvalue weighted by Crippen LogP contribution is -2.32. The molecule has 1 aliphatic rings. The van der Waals surface area contributed by atoms with E-state index >= 15 is 0 Å². The van der Waals surface area contributed by atoms with Crippen LogP contribution in [-0.4, -0.2) is 57.3 Å². The zero-order valence-electron chi connectivity index (χ0n) is 13.8. The topological polar surface area (TPSA) is 69.7 Å². The number of hydrogen-bond donors (Lipinski definition) is 1. The Kier molecular flexibility index (Phi) is 6.01. The summed E-state index contributed by atoms with van der Waals surface area (Å²) in [7, 11) is -0.0953. The van der Waals surface area contributed by atoms with E-state index in [1.54, 1.807) is 42.7 Å². The molecule has 0 atom stereocenters. The van der Waals surface area contributed by atoms with Crippen molar-refractivity contribution in [2.45, 2.75) is 30.6 Å². The van der Waals surface area contributed by atoms with Crippen molar-refractivity contribution in [3.63, 3.8) is 0 Å². The molecule has 1 N–H and O–H groups in total. The highest BCUT2D eigenvalue weighted by Gasteiger charge is 2.25. The van der Waals surface area contributed by atoms with Crippen LogP contribution in [0, 0.1) is 0 Å². The maximum absolute atomic E-state index is 12.8. The number of anilines is 1. The van der Waals surface area contributed by atoms with E-state index in [0.29, 0.717) is 18.8 Å². The van der Waals surface area contributed by atoms with E-state index in [2.05, 4.69) is 5.32 Å². The van der Waals surface area contributed by atoms with Crippen molar-refractivity contribution >= 4 is 21.6 Å². The number of nitrogens with zero attached hydrogens (tertiary/aromatic N) is 2. The number of sulfonamides is 1. The molecule has 0 spiro atoms. The van der Waals surface area contributed by atoms with Crippen molar-refractivity contribution in [1.82, 2.24) is 9.21 Å². The van der Waals surface area contributed by atoms with Gasteiger partial charge in [-0.25, -0.2) is 8.42 Å². The Hall–Kier alpha value is -1.60. The van der Waals surface area contributed by atoms with E-state index in [0.717, 1.165) is 25.7 Å². The Morgan fingerprint density at radius 2 is 1.83 bits per heavy atom. The number of carbonyl (C=O) groups excluding carboxylic acids is 1. The zero-order chi connectivity index (χ0) is 16.9. The van der Waals surface area contributed by atoms with Crippen molar-refractivity contribution in [2.75, 3.05) is 39.0 Å². The molecule has 6 nitrogen and oxygen atoms in total. The predicted octanol–water partition coefficient (Wildman–Crippen LogP) is 1.75. The molecule has 0 radical (unpaired) electrons. The van der Waals surface area contributed by atoms with Crippen LogP contribution >= 0.6 is 0 Å². The van der Waals surface area contributed by atoms with Gasteiger partial charge in [-0.15, -0.1) is 0 Å². The molecule has 23 heavy (non-hydrogen) atoms. The van der Waals surface area contributed by atoms with Crippen LogP contribution in [0.4, 0.5) is 5.69 Å². The zero-order valence-corrected chi connectivity index (χ0v) is 14.6. The van der Waals surface area contributed by atoms with Gasteiger partial charge in [-0.2, -0.15) is 4.31 Å². The van der Waals surface area contributed by atoms with E-state index in [-0.39, 0.29) is 17.3 Å². The number of amides is 1. The fraction of sp³-hybridized carbons (Fsp3) is 0.562. The highest BCUT2D eigenvalue weighted by atomic mass is 32.2. The summed E-state index contributed by atoms with van der Waals surface area (Å²) in [5, 5.41) is 2.98. The maximum atomic E-state index is 12.8. The van der Waals surface area contributed by atoms with Gasteiger partial charge in [-0.1, -0.05) is 18.9 Å². The molecular formula is C16H25N3O3S. The minimum absolute atomic E-state index is 0.0641. The molecule has 128 valence electrons. The number of hydrogen-bond acceptors (Lipinski definition) is 4. The molecular weight excluding hydrogens is 314 g/mol. The van der Waals surface area contributed by atoms with E-state index in [1.807, 2.05) is 0 Å². The third-order valence-corrected chi connectivity index (χ3v) is 5.87. The van der Waals surface area contributed by atoms with Crippen molar-refractivity contribution in [3.8, 4) is 0 Å². The number of carbonyl (C=O) groups is 1. The van der Waals surface area contributed by atoms with Gasteiger partial charge in [0.1, 0.15) is 0 Å². The van der Waals surface area contributed by atoms with Crippen molar-refractivity contribution in [1.29, 1.82) is 0 Å². The minimum atomic E-state index is -3.46. The molecule has 0 aliphatic carbocycles. The molecule has 1 heterocycles. The van der Waals surface area contributed by atoms with Crippen LogP contribution in [0.2, 0.25) is 0 Å². The second kappa shape index (κ2) is 7.79. The first-order chi connectivity index (χ1) is 10.9. The Balaban J connectivity index is 2.12. The lowest BCUT2D eigenvalue weighted by Gasteiger charge is -2.20. The average Bonchev–Trinajstić information content (AvgIpc) is 2.82. The number of nitrogens with one attached hydrogen (secondary N) is 1. The van der Waals surface area contributed by atoms with Gasteiger partial charge in [0.25, 0.3) is 0 Å². The third kappa shape index (κ3) is 4.68. The monoisotopic (exact) mass is 339 g/mol. The summed E-state index contributed by atoms with van der Waals surface area (Å²) in [4.78, 5) is 13.4. The maximum Gasteiger partial charge on any atom is 0.243 e. The highest BCUT2D eigenvalue weighted by Crippen LogP contribution is 2.22. The largest absolute Gasteiger partial charge is 0.376 e. The summed E-state index contributed by atoms with van der Waals surface area (Å²) >= 11 is 0. The van der Waals surface area contributed by atoms with Crippen molar-refractivity contribution in [2.24, 2.45) is 0 Å². The molecule has 1 saturated heterocycles. The number of rotatable bonds is 5. The van der Waals surface area contributed by atoms with Gasteiger partial charge in [0, 0.05) is 32.9 Å². The molecule has 0 aromatic heterocycles. The molecule has 2 rings (SSSR count). The summed E-state index contributed by atoms with van der Waals surface area (Å²) in [6.45, 7) is 1.30. The van der Waals surface area contributed by atoms with Crippen LogP contribution in [0.5, 0.6) is 0 Å². The predicted molar refractivity (Wildman–Crippen MR) is 90.9 cm³/mol. The van der Waals surface area contributed by atoms with Gasteiger partial charge in [0.05, 0.1) is 11.4 Å². The molecule has 7 heteroatoms. The molecule has 1 aromatic rings. The van der Waals surface area contributed by atoms with Gasteiger partial charge in [0.15, 0.2) is 0 Å². The Morgan fingerprint density at radius 1 is 1.17 bits per heavy atom. The van der Waals surface area contributed by atoms with Crippen molar-refractivity contribution < 1.29 is 13.2 Å². The minimum Gasteiger partial charge on any atom is -0.376 e. The van der Waals surface area contributed by atoms with Crippen LogP contribution in [0.25, 0.3) is 0 Å². The fourth-order valence-corrected chi connectivity index (χ4v) is 4.10. The average molecular weight is 339 g/mol. The second-order valence-corrected chi connectivity index (χ2v) is 7.93. The summed E-state index contributed by atoms with van der Waals surface area (Å²) in [6.07, 6.45) is 3.99. The van der Waals surface area contributed by atoms with Crippen LogP contribution in [-0.2, 0) is 14.8 Å². The van der Waals surface area contributed by atoms with Crippen LogP contribution in [0.1, 0.15) is 25.7 Å². The lowest BCUT2D eigenvalue weighted by molar-refractivity contribution is -0.126. The molecule has 1 fully saturated rings. The smallest absolute Gasteiger partial charge is 0.243 e. The summed E-state index contributed by atoms with van der Waals surface area (Å²) in [5.74, 6) is -0.0641. The molecule has 1 amide bonds. The highest BCUT2D eigenvalue weighted by molar-refractivity contribution is 7.89. The molecule has 1 aromatic carbocycles. The first-order valence-corrected chi connectivity index (χ1v) is 9.39. The third-order valence-electron chi connectivity index (χ3n) is 3.98. The second-order valence-electron chi connectivity index (χ2n) is 5.99. The Labute approximate surface area is 138 Å². The molecule has 0 bridgehead atoms. The van der Waals surface area contributed by atoms with Crippen LogP contribution < -0.4 is 5.32 Å². The number of benzene rings is 1. The standard InChI is InChI=1S/C16H25N3O3S/c1-18(2)16(20)13-17-14-8-7-9-15(12-14)23(21,22)19-10-5-3-4-6-11-19/h7-9,12,17H,3-6,10-11,13H2,1-2H3. The van der Waals surface area contributed by atoms with E-state index in [4.69, 9.17) is 0 Å². The SMILES string of the molecule is CN(C)C(=O)CNc1cccc(S(=O)(=O)N2CCCCCC2)c1. The summed E-state index contributed by atoms with van der Waals surface area (Å²) in [5.41, 5.74) is 0.635. The Morgan fingerprint density at radius 3 is 2.43 bits per heavy atom.